The van der Waals surface area contributed by atoms with Crippen LogP contribution in [0, 0.1) is 6.92 Å². The number of hydrogen-bond donors (Lipinski definition) is 3. The van der Waals surface area contributed by atoms with E-state index in [0.717, 1.165) is 22.7 Å². The van der Waals surface area contributed by atoms with E-state index in [1.54, 1.807) is 18.0 Å². The number of aromatic nitrogens is 4. The third-order valence-corrected chi connectivity index (χ3v) is 4.75. The number of carbonyl (C=O) groups excluding carboxylic acids is 1. The minimum absolute atomic E-state index is 0.0217. The van der Waals surface area contributed by atoms with E-state index in [0.29, 0.717) is 5.56 Å². The highest BCUT2D eigenvalue weighted by atomic mass is 16.5. The fourth-order valence-corrected chi connectivity index (χ4v) is 3.43. The van der Waals surface area contributed by atoms with Crippen LogP contribution in [0.4, 0.5) is 5.82 Å². The lowest BCUT2D eigenvalue weighted by molar-refractivity contribution is -0.116. The van der Waals surface area contributed by atoms with Crippen LogP contribution in [0.5, 0.6) is 5.75 Å². The number of aromatic amines is 1. The Balaban J connectivity index is 1.79. The Morgan fingerprint density at radius 3 is 2.74 bits per heavy atom. The summed E-state index contributed by atoms with van der Waals surface area (Å²) in [6, 6.07) is 7.42. The molecule has 4 rings (SSSR count). The molecule has 0 unspecified atom stereocenters. The average molecular weight is 367 g/mol. The molecule has 0 radical (unpaired) electrons. The number of nitrogens with one attached hydrogen (secondary N) is 2. The second-order valence-electron chi connectivity index (χ2n) is 6.27. The zero-order valence-electron chi connectivity index (χ0n) is 14.7. The molecule has 0 aliphatic carbocycles. The van der Waals surface area contributed by atoms with Crippen LogP contribution in [0.15, 0.2) is 30.5 Å². The van der Waals surface area contributed by atoms with Crippen molar-refractivity contribution in [2.75, 3.05) is 12.4 Å². The van der Waals surface area contributed by atoms with Gasteiger partial charge >= 0.3 is 5.97 Å². The molecule has 27 heavy (non-hydrogen) atoms. The van der Waals surface area contributed by atoms with E-state index in [2.05, 4.69) is 20.6 Å². The highest BCUT2D eigenvalue weighted by Crippen LogP contribution is 2.39. The van der Waals surface area contributed by atoms with Crippen molar-refractivity contribution >= 4 is 17.7 Å². The van der Waals surface area contributed by atoms with E-state index in [4.69, 9.17) is 4.74 Å². The van der Waals surface area contributed by atoms with Crippen molar-refractivity contribution in [1.29, 1.82) is 0 Å². The second-order valence-corrected chi connectivity index (χ2v) is 6.27. The highest BCUT2D eigenvalue weighted by molar-refractivity contribution is 5.98. The van der Waals surface area contributed by atoms with Crippen LogP contribution in [-0.4, -0.2) is 44.1 Å². The monoisotopic (exact) mass is 367 g/mol. The molecule has 1 aliphatic heterocycles. The van der Waals surface area contributed by atoms with Gasteiger partial charge < -0.3 is 15.2 Å². The molecule has 3 N–H and O–H groups in total. The fourth-order valence-electron chi connectivity index (χ4n) is 3.43. The largest absolute Gasteiger partial charge is 0.497 e. The molecule has 0 saturated carbocycles. The molecule has 0 spiro atoms. The van der Waals surface area contributed by atoms with E-state index in [1.165, 1.54) is 0 Å². The molecule has 138 valence electrons. The third kappa shape index (κ3) is 2.73. The van der Waals surface area contributed by atoms with Gasteiger partial charge in [-0.3, -0.25) is 9.89 Å². The average Bonchev–Trinajstić information content (AvgIpc) is 3.25. The molecule has 1 aromatic carbocycles. The number of fused-ring (bicyclic) bond motifs is 1. The number of carboxylic acids is 1. The lowest BCUT2D eigenvalue weighted by atomic mass is 9.86. The number of nitrogens with zero attached hydrogens (tertiary/aromatic N) is 3. The summed E-state index contributed by atoms with van der Waals surface area (Å²) < 4.78 is 6.92. The van der Waals surface area contributed by atoms with Gasteiger partial charge in [0, 0.05) is 29.2 Å². The zero-order chi connectivity index (χ0) is 19.1. The van der Waals surface area contributed by atoms with Gasteiger partial charge in [0.1, 0.15) is 11.4 Å². The molecule has 3 aromatic rings. The summed E-state index contributed by atoms with van der Waals surface area (Å²) >= 11 is 0. The smallest absolute Gasteiger partial charge is 0.354 e. The molecule has 0 saturated heterocycles. The molecular formula is C18H17N5O4. The number of hydrogen-bond acceptors (Lipinski definition) is 5. The number of carboxylic acid groups (broad SMARTS) is 1. The predicted molar refractivity (Wildman–Crippen MR) is 95.5 cm³/mol. The first-order valence-corrected chi connectivity index (χ1v) is 8.30. The number of anilines is 1. The summed E-state index contributed by atoms with van der Waals surface area (Å²) in [5.41, 5.74) is 2.89. The standard InChI is InChI=1S/C18H17N5O4/c1-9-13(8-19-23(9)10-3-5-11(27-2)6-4-10)12-7-14(24)20-17-15(12)16(18(25)26)21-22-17/h3-6,8,12H,7H2,1-2H3,(H,25,26)(H2,20,21,22,24)/t12-/m0/s1. The highest BCUT2D eigenvalue weighted by Gasteiger charge is 2.35. The Labute approximate surface area is 154 Å². The van der Waals surface area contributed by atoms with Crippen LogP contribution in [0.1, 0.15) is 39.6 Å². The van der Waals surface area contributed by atoms with Gasteiger partial charge in [-0.05, 0) is 31.2 Å². The number of carbonyl (C=O) groups is 2. The maximum absolute atomic E-state index is 12.1. The predicted octanol–water partition coefficient (Wildman–Crippen LogP) is 2.08. The summed E-state index contributed by atoms with van der Waals surface area (Å²) in [6.45, 7) is 1.89. The molecule has 1 atom stereocenters. The minimum atomic E-state index is -1.12. The van der Waals surface area contributed by atoms with Gasteiger partial charge in [0.15, 0.2) is 5.82 Å². The zero-order valence-corrected chi connectivity index (χ0v) is 14.7. The Morgan fingerprint density at radius 2 is 2.07 bits per heavy atom. The topological polar surface area (TPSA) is 122 Å². The Morgan fingerprint density at radius 1 is 1.33 bits per heavy atom. The van der Waals surface area contributed by atoms with Crippen LogP contribution in [-0.2, 0) is 4.79 Å². The second kappa shape index (κ2) is 6.27. The molecule has 9 nitrogen and oxygen atoms in total. The number of methoxy groups -OCH3 is 1. The van der Waals surface area contributed by atoms with Crippen molar-refractivity contribution in [3.63, 3.8) is 0 Å². The maximum Gasteiger partial charge on any atom is 0.354 e. The SMILES string of the molecule is COc1ccc(-n2ncc([C@@H]3CC(=O)Nc4n[nH]c(C(=O)O)c43)c2C)cc1. The van der Waals surface area contributed by atoms with Crippen LogP contribution in [0.2, 0.25) is 0 Å². The van der Waals surface area contributed by atoms with Crippen LogP contribution in [0.3, 0.4) is 0 Å². The minimum Gasteiger partial charge on any atom is -0.497 e. The summed E-state index contributed by atoms with van der Waals surface area (Å²) in [5.74, 6) is -0.782. The van der Waals surface area contributed by atoms with Crippen molar-refractivity contribution < 1.29 is 19.4 Å². The lowest BCUT2D eigenvalue weighted by Crippen LogP contribution is -2.24. The van der Waals surface area contributed by atoms with Gasteiger partial charge in [0.25, 0.3) is 0 Å². The van der Waals surface area contributed by atoms with E-state index in [1.807, 2.05) is 31.2 Å². The maximum atomic E-state index is 12.1. The van der Waals surface area contributed by atoms with Crippen LogP contribution >= 0.6 is 0 Å². The first-order valence-electron chi connectivity index (χ1n) is 8.30. The normalized spacial score (nSPS) is 15.9. The molecular weight excluding hydrogens is 350 g/mol. The summed E-state index contributed by atoms with van der Waals surface area (Å²) in [6.07, 6.45) is 1.80. The summed E-state index contributed by atoms with van der Waals surface area (Å²) in [5, 5.41) is 22.9. The first kappa shape index (κ1) is 16.8. The van der Waals surface area contributed by atoms with Crippen molar-refractivity contribution in [3.8, 4) is 11.4 Å². The molecule has 0 bridgehead atoms. The molecule has 0 fully saturated rings. The fraction of sp³-hybridized carbons (Fsp3) is 0.222. The number of ether oxygens (including phenoxy) is 1. The number of rotatable bonds is 4. The van der Waals surface area contributed by atoms with Crippen LogP contribution in [0.25, 0.3) is 5.69 Å². The van der Waals surface area contributed by atoms with E-state index >= 15 is 0 Å². The first-order chi connectivity index (χ1) is 13.0. The number of H-pyrrole nitrogens is 1. The molecule has 1 amide bonds. The molecule has 2 aromatic heterocycles. The van der Waals surface area contributed by atoms with Crippen molar-refractivity contribution in [2.24, 2.45) is 0 Å². The summed E-state index contributed by atoms with van der Waals surface area (Å²) in [7, 11) is 1.60. The molecule has 9 heteroatoms. The summed E-state index contributed by atoms with van der Waals surface area (Å²) in [4.78, 5) is 23.6. The van der Waals surface area contributed by atoms with E-state index in [-0.39, 0.29) is 23.8 Å². The van der Waals surface area contributed by atoms with Gasteiger partial charge in [0.2, 0.25) is 5.91 Å². The Kier molecular flexibility index (Phi) is 3.91. The molecule has 3 heterocycles. The van der Waals surface area contributed by atoms with Gasteiger partial charge in [-0.2, -0.15) is 10.2 Å². The van der Waals surface area contributed by atoms with Crippen LogP contribution < -0.4 is 10.1 Å². The number of benzene rings is 1. The Hall–Kier alpha value is -3.62. The van der Waals surface area contributed by atoms with Crippen molar-refractivity contribution in [2.45, 2.75) is 19.3 Å². The third-order valence-electron chi connectivity index (χ3n) is 4.75. The van der Waals surface area contributed by atoms with Crippen molar-refractivity contribution in [1.82, 2.24) is 20.0 Å². The van der Waals surface area contributed by atoms with Gasteiger partial charge in [-0.15, -0.1) is 0 Å². The van der Waals surface area contributed by atoms with Gasteiger partial charge in [-0.25, -0.2) is 9.48 Å². The quantitative estimate of drug-likeness (QED) is 0.649. The Bertz CT molecular complexity index is 1030. The van der Waals surface area contributed by atoms with Crippen molar-refractivity contribution in [3.05, 3.63) is 53.0 Å². The number of aromatic carboxylic acids is 1. The molecule has 1 aliphatic rings. The van der Waals surface area contributed by atoms with E-state index in [9.17, 15) is 14.7 Å². The van der Waals surface area contributed by atoms with E-state index < -0.39 is 11.9 Å². The number of amides is 1. The van der Waals surface area contributed by atoms with Gasteiger partial charge in [-0.1, -0.05) is 0 Å². The van der Waals surface area contributed by atoms with Gasteiger partial charge in [0.05, 0.1) is 19.0 Å². The lowest BCUT2D eigenvalue weighted by Gasteiger charge is -2.22.